The lowest BCUT2D eigenvalue weighted by molar-refractivity contribution is -0.120. The molecule has 20 heavy (non-hydrogen) atoms. The summed E-state index contributed by atoms with van der Waals surface area (Å²) in [5.41, 5.74) is 1.32. The van der Waals surface area contributed by atoms with Crippen LogP contribution in [0.2, 0.25) is 5.02 Å². The lowest BCUT2D eigenvalue weighted by Gasteiger charge is -2.07. The van der Waals surface area contributed by atoms with Crippen LogP contribution in [-0.4, -0.2) is 17.4 Å². The Morgan fingerprint density at radius 3 is 2.70 bits per heavy atom. The van der Waals surface area contributed by atoms with Gasteiger partial charge in [-0.05, 0) is 36.2 Å². The molecule has 0 bridgehead atoms. The Hall–Kier alpha value is -1.94. The molecule has 0 radical (unpaired) electrons. The Kier molecular flexibility index (Phi) is 5.07. The molecule has 1 aromatic carbocycles. The lowest BCUT2D eigenvalue weighted by atomic mass is 10.1. The maximum absolute atomic E-state index is 13.5. The average Bonchev–Trinajstić information content (AvgIpc) is 2.44. The average molecular weight is 293 g/mol. The number of hydrogen-bond acceptors (Lipinski definition) is 2. The lowest BCUT2D eigenvalue weighted by Crippen LogP contribution is -2.27. The largest absolute Gasteiger partial charge is 0.355 e. The molecule has 0 spiro atoms. The third-order valence-corrected chi connectivity index (χ3v) is 3.24. The molecule has 2 rings (SSSR count). The van der Waals surface area contributed by atoms with Gasteiger partial charge in [-0.25, -0.2) is 4.39 Å². The molecule has 1 N–H and O–H groups in total. The highest BCUT2D eigenvalue weighted by Gasteiger charge is 2.11. The van der Waals surface area contributed by atoms with E-state index in [-0.39, 0.29) is 22.9 Å². The van der Waals surface area contributed by atoms with Crippen LogP contribution in [0.4, 0.5) is 4.39 Å². The van der Waals surface area contributed by atoms with Crippen molar-refractivity contribution in [3.05, 3.63) is 64.7 Å². The zero-order chi connectivity index (χ0) is 14.4. The molecule has 0 aliphatic rings. The summed E-state index contributed by atoms with van der Waals surface area (Å²) < 4.78 is 13.5. The summed E-state index contributed by atoms with van der Waals surface area (Å²) in [5.74, 6) is -0.701. The predicted molar refractivity (Wildman–Crippen MR) is 76.1 cm³/mol. The Morgan fingerprint density at radius 1 is 1.25 bits per heavy atom. The molecule has 104 valence electrons. The van der Waals surface area contributed by atoms with Gasteiger partial charge in [-0.2, -0.15) is 0 Å². The van der Waals surface area contributed by atoms with Crippen LogP contribution < -0.4 is 5.32 Å². The fourth-order valence-corrected chi connectivity index (χ4v) is 2.05. The van der Waals surface area contributed by atoms with E-state index in [2.05, 4.69) is 10.3 Å². The van der Waals surface area contributed by atoms with Crippen molar-refractivity contribution in [3.63, 3.8) is 0 Å². The molecule has 0 aliphatic carbocycles. The van der Waals surface area contributed by atoms with Crippen LogP contribution in [-0.2, 0) is 17.6 Å². The first-order valence-corrected chi connectivity index (χ1v) is 6.63. The number of amides is 1. The number of halogens is 2. The Bertz CT molecular complexity index is 569. The minimum absolute atomic E-state index is 0.0537. The number of hydrogen-bond donors (Lipinski definition) is 1. The molecule has 0 atom stereocenters. The van der Waals surface area contributed by atoms with E-state index in [0.717, 1.165) is 5.56 Å². The first-order valence-electron chi connectivity index (χ1n) is 6.25. The Labute approximate surface area is 121 Å². The highest BCUT2D eigenvalue weighted by atomic mass is 35.5. The molecule has 0 saturated carbocycles. The summed E-state index contributed by atoms with van der Waals surface area (Å²) in [7, 11) is 0. The van der Waals surface area contributed by atoms with Crippen molar-refractivity contribution < 1.29 is 9.18 Å². The van der Waals surface area contributed by atoms with E-state index in [9.17, 15) is 9.18 Å². The third-order valence-electron chi connectivity index (χ3n) is 2.88. The summed E-state index contributed by atoms with van der Waals surface area (Å²) in [5, 5.41) is 3.02. The maximum Gasteiger partial charge on any atom is 0.224 e. The standard InChI is InChI=1S/C15H14ClFN2O/c16-13-2-1-3-14(17)12(13)10-15(20)19-9-6-11-4-7-18-8-5-11/h1-5,7-8H,6,9-10H2,(H,19,20). The fourth-order valence-electron chi connectivity index (χ4n) is 1.82. The maximum atomic E-state index is 13.5. The van der Waals surface area contributed by atoms with Crippen molar-refractivity contribution in [3.8, 4) is 0 Å². The second-order valence-electron chi connectivity index (χ2n) is 4.33. The predicted octanol–water partition coefficient (Wildman–Crippen LogP) is 2.78. The van der Waals surface area contributed by atoms with Crippen LogP contribution in [0, 0.1) is 5.82 Å². The first-order chi connectivity index (χ1) is 9.66. The van der Waals surface area contributed by atoms with Gasteiger partial charge in [-0.15, -0.1) is 0 Å². The van der Waals surface area contributed by atoms with Crippen LogP contribution in [0.1, 0.15) is 11.1 Å². The summed E-state index contributed by atoms with van der Waals surface area (Å²) in [6.07, 6.45) is 4.06. The van der Waals surface area contributed by atoms with E-state index in [1.165, 1.54) is 12.1 Å². The van der Waals surface area contributed by atoms with Gasteiger partial charge < -0.3 is 5.32 Å². The van der Waals surface area contributed by atoms with E-state index >= 15 is 0 Å². The summed E-state index contributed by atoms with van der Waals surface area (Å²) in [4.78, 5) is 15.7. The molecule has 0 aliphatic heterocycles. The SMILES string of the molecule is O=C(Cc1c(F)cccc1Cl)NCCc1ccncc1. The number of aromatic nitrogens is 1. The number of benzene rings is 1. The van der Waals surface area contributed by atoms with Crippen molar-refractivity contribution in [2.75, 3.05) is 6.54 Å². The first kappa shape index (κ1) is 14.5. The van der Waals surface area contributed by atoms with Gasteiger partial charge >= 0.3 is 0 Å². The van der Waals surface area contributed by atoms with Crippen LogP contribution in [0.25, 0.3) is 0 Å². The summed E-state index contributed by atoms with van der Waals surface area (Å²) in [6, 6.07) is 8.16. The molecule has 1 aromatic heterocycles. The monoisotopic (exact) mass is 292 g/mol. The fraction of sp³-hybridized carbons (Fsp3) is 0.200. The van der Waals surface area contributed by atoms with Crippen molar-refractivity contribution in [2.45, 2.75) is 12.8 Å². The van der Waals surface area contributed by atoms with Crippen molar-refractivity contribution in [1.29, 1.82) is 0 Å². The van der Waals surface area contributed by atoms with Gasteiger partial charge in [-0.3, -0.25) is 9.78 Å². The minimum atomic E-state index is -0.457. The third kappa shape index (κ3) is 4.03. The van der Waals surface area contributed by atoms with Gasteiger partial charge in [-0.1, -0.05) is 17.7 Å². The van der Waals surface area contributed by atoms with Crippen LogP contribution in [0.15, 0.2) is 42.7 Å². The normalized spacial score (nSPS) is 10.3. The highest BCUT2D eigenvalue weighted by molar-refractivity contribution is 6.31. The minimum Gasteiger partial charge on any atom is -0.355 e. The van der Waals surface area contributed by atoms with Crippen LogP contribution in [0.3, 0.4) is 0 Å². The van der Waals surface area contributed by atoms with E-state index in [4.69, 9.17) is 11.6 Å². The molecule has 3 nitrogen and oxygen atoms in total. The second kappa shape index (κ2) is 7.01. The van der Waals surface area contributed by atoms with Gasteiger partial charge in [0.15, 0.2) is 0 Å². The molecular formula is C15H14ClFN2O. The Balaban J connectivity index is 1.84. The van der Waals surface area contributed by atoms with E-state index in [1.54, 1.807) is 18.5 Å². The van der Waals surface area contributed by atoms with Gasteiger partial charge in [0.25, 0.3) is 0 Å². The van der Waals surface area contributed by atoms with E-state index in [1.807, 2.05) is 12.1 Å². The van der Waals surface area contributed by atoms with Crippen LogP contribution in [0.5, 0.6) is 0 Å². The quantitative estimate of drug-likeness (QED) is 0.921. The van der Waals surface area contributed by atoms with Gasteiger partial charge in [0.2, 0.25) is 5.91 Å². The number of rotatable bonds is 5. The number of carbonyl (C=O) groups excluding carboxylic acids is 1. The Morgan fingerprint density at radius 2 is 2.00 bits per heavy atom. The molecule has 0 saturated heterocycles. The number of carbonyl (C=O) groups is 1. The van der Waals surface area contributed by atoms with Crippen LogP contribution >= 0.6 is 11.6 Å². The number of pyridine rings is 1. The topological polar surface area (TPSA) is 42.0 Å². The van der Waals surface area contributed by atoms with Gasteiger partial charge in [0.1, 0.15) is 5.82 Å². The molecule has 1 heterocycles. The number of nitrogens with one attached hydrogen (secondary N) is 1. The van der Waals surface area contributed by atoms with E-state index < -0.39 is 5.82 Å². The van der Waals surface area contributed by atoms with Crippen molar-refractivity contribution in [2.24, 2.45) is 0 Å². The molecule has 0 fully saturated rings. The van der Waals surface area contributed by atoms with Gasteiger partial charge in [0.05, 0.1) is 6.42 Å². The van der Waals surface area contributed by atoms with Gasteiger partial charge in [0, 0.05) is 29.5 Å². The van der Waals surface area contributed by atoms with Crippen molar-refractivity contribution >= 4 is 17.5 Å². The summed E-state index contributed by atoms with van der Waals surface area (Å²) in [6.45, 7) is 0.495. The molecule has 5 heteroatoms. The zero-order valence-corrected chi connectivity index (χ0v) is 11.5. The second-order valence-corrected chi connectivity index (χ2v) is 4.74. The molecule has 2 aromatic rings. The number of nitrogens with zero attached hydrogens (tertiary/aromatic N) is 1. The van der Waals surface area contributed by atoms with E-state index in [0.29, 0.717) is 13.0 Å². The molecule has 0 unspecified atom stereocenters. The summed E-state index contributed by atoms with van der Waals surface area (Å²) >= 11 is 5.88. The highest BCUT2D eigenvalue weighted by Crippen LogP contribution is 2.19. The smallest absolute Gasteiger partial charge is 0.224 e. The zero-order valence-electron chi connectivity index (χ0n) is 10.8. The molecular weight excluding hydrogens is 279 g/mol. The van der Waals surface area contributed by atoms with Crippen molar-refractivity contribution in [1.82, 2.24) is 10.3 Å². The molecule has 1 amide bonds.